The SMILES string of the molecule is Cc1ccc(C)c(N[C@@H]2CCSC2)c1. The third-order valence-corrected chi connectivity index (χ3v) is 3.84. The van der Waals surface area contributed by atoms with Crippen molar-refractivity contribution in [3.63, 3.8) is 0 Å². The Labute approximate surface area is 90.3 Å². The fraction of sp³-hybridized carbons (Fsp3) is 0.500. The number of thioether (sulfide) groups is 1. The second-order valence-electron chi connectivity index (χ2n) is 4.02. The van der Waals surface area contributed by atoms with Crippen molar-refractivity contribution >= 4 is 17.4 Å². The molecular weight excluding hydrogens is 190 g/mol. The molecular formula is C12H17NS. The second kappa shape index (κ2) is 4.26. The van der Waals surface area contributed by atoms with E-state index in [1.54, 1.807) is 0 Å². The van der Waals surface area contributed by atoms with Gasteiger partial charge in [0, 0.05) is 17.5 Å². The maximum absolute atomic E-state index is 3.63. The maximum atomic E-state index is 3.63. The van der Waals surface area contributed by atoms with Crippen molar-refractivity contribution in [3.8, 4) is 0 Å². The number of rotatable bonds is 2. The molecule has 1 aliphatic rings. The van der Waals surface area contributed by atoms with Gasteiger partial charge in [-0.2, -0.15) is 11.8 Å². The normalized spacial score (nSPS) is 21.1. The second-order valence-corrected chi connectivity index (χ2v) is 5.17. The van der Waals surface area contributed by atoms with Crippen LogP contribution in [0.3, 0.4) is 0 Å². The number of benzene rings is 1. The highest BCUT2D eigenvalue weighted by molar-refractivity contribution is 7.99. The molecule has 1 aromatic carbocycles. The molecule has 1 aromatic rings. The number of hydrogen-bond acceptors (Lipinski definition) is 2. The zero-order valence-electron chi connectivity index (χ0n) is 8.84. The summed E-state index contributed by atoms with van der Waals surface area (Å²) < 4.78 is 0. The topological polar surface area (TPSA) is 12.0 Å². The van der Waals surface area contributed by atoms with Crippen molar-refractivity contribution in [2.75, 3.05) is 16.8 Å². The monoisotopic (exact) mass is 207 g/mol. The quantitative estimate of drug-likeness (QED) is 0.799. The summed E-state index contributed by atoms with van der Waals surface area (Å²) >= 11 is 2.05. The van der Waals surface area contributed by atoms with Crippen molar-refractivity contribution < 1.29 is 0 Å². The summed E-state index contributed by atoms with van der Waals surface area (Å²) in [6, 6.07) is 7.29. The zero-order valence-corrected chi connectivity index (χ0v) is 9.66. The summed E-state index contributed by atoms with van der Waals surface area (Å²) in [7, 11) is 0. The summed E-state index contributed by atoms with van der Waals surface area (Å²) in [5, 5.41) is 3.63. The first-order chi connectivity index (χ1) is 6.75. The van der Waals surface area contributed by atoms with Crippen LogP contribution in [0.2, 0.25) is 0 Å². The van der Waals surface area contributed by atoms with E-state index in [1.807, 2.05) is 11.8 Å². The van der Waals surface area contributed by atoms with E-state index in [0.29, 0.717) is 6.04 Å². The molecule has 0 amide bonds. The average molecular weight is 207 g/mol. The fourth-order valence-electron chi connectivity index (χ4n) is 1.76. The summed E-state index contributed by atoms with van der Waals surface area (Å²) in [4.78, 5) is 0. The van der Waals surface area contributed by atoms with Gasteiger partial charge in [0.15, 0.2) is 0 Å². The Balaban J connectivity index is 2.10. The standard InChI is InChI=1S/C12H17NS/c1-9-3-4-10(2)12(7-9)13-11-5-6-14-8-11/h3-4,7,11,13H,5-6,8H2,1-2H3/t11-/m1/s1. The van der Waals surface area contributed by atoms with Gasteiger partial charge >= 0.3 is 0 Å². The van der Waals surface area contributed by atoms with E-state index in [1.165, 1.54) is 34.7 Å². The Kier molecular flexibility index (Phi) is 3.02. The van der Waals surface area contributed by atoms with Gasteiger partial charge < -0.3 is 5.32 Å². The minimum atomic E-state index is 0.681. The van der Waals surface area contributed by atoms with Crippen LogP contribution in [0.4, 0.5) is 5.69 Å². The van der Waals surface area contributed by atoms with Gasteiger partial charge in [-0.25, -0.2) is 0 Å². The molecule has 76 valence electrons. The van der Waals surface area contributed by atoms with Crippen LogP contribution in [0.5, 0.6) is 0 Å². The first-order valence-electron chi connectivity index (χ1n) is 5.17. The van der Waals surface area contributed by atoms with Crippen LogP contribution in [0.1, 0.15) is 17.5 Å². The Bertz CT molecular complexity index is 316. The molecule has 2 heteroatoms. The van der Waals surface area contributed by atoms with E-state index in [-0.39, 0.29) is 0 Å². The lowest BCUT2D eigenvalue weighted by atomic mass is 10.1. The molecule has 0 bridgehead atoms. The molecule has 1 saturated heterocycles. The van der Waals surface area contributed by atoms with Crippen LogP contribution in [0.25, 0.3) is 0 Å². The molecule has 1 aliphatic heterocycles. The van der Waals surface area contributed by atoms with Gasteiger partial charge in [0.1, 0.15) is 0 Å². The van der Waals surface area contributed by atoms with Gasteiger partial charge in [-0.1, -0.05) is 12.1 Å². The van der Waals surface area contributed by atoms with Crippen molar-refractivity contribution in [1.82, 2.24) is 0 Å². The number of nitrogens with one attached hydrogen (secondary N) is 1. The number of anilines is 1. The molecule has 0 spiro atoms. The van der Waals surface area contributed by atoms with Crippen LogP contribution < -0.4 is 5.32 Å². The van der Waals surface area contributed by atoms with Gasteiger partial charge in [0.05, 0.1) is 0 Å². The predicted molar refractivity (Wildman–Crippen MR) is 65.3 cm³/mol. The molecule has 0 aromatic heterocycles. The minimum absolute atomic E-state index is 0.681. The number of hydrogen-bond donors (Lipinski definition) is 1. The Morgan fingerprint density at radius 1 is 1.36 bits per heavy atom. The van der Waals surface area contributed by atoms with Gasteiger partial charge in [0.25, 0.3) is 0 Å². The molecule has 2 rings (SSSR count). The van der Waals surface area contributed by atoms with Gasteiger partial charge in [-0.3, -0.25) is 0 Å². The van der Waals surface area contributed by atoms with Crippen LogP contribution >= 0.6 is 11.8 Å². The third kappa shape index (κ3) is 2.24. The van der Waals surface area contributed by atoms with Crippen molar-refractivity contribution in [2.24, 2.45) is 0 Å². The highest BCUT2D eigenvalue weighted by atomic mass is 32.2. The van der Waals surface area contributed by atoms with Crippen molar-refractivity contribution in [1.29, 1.82) is 0 Å². The smallest absolute Gasteiger partial charge is 0.0374 e. The highest BCUT2D eigenvalue weighted by Crippen LogP contribution is 2.23. The lowest BCUT2D eigenvalue weighted by molar-refractivity contribution is 0.811. The van der Waals surface area contributed by atoms with E-state index in [2.05, 4.69) is 37.4 Å². The van der Waals surface area contributed by atoms with E-state index < -0.39 is 0 Å². The van der Waals surface area contributed by atoms with E-state index in [9.17, 15) is 0 Å². The first kappa shape index (κ1) is 9.91. The molecule has 14 heavy (non-hydrogen) atoms. The predicted octanol–water partition coefficient (Wildman–Crippen LogP) is 3.22. The largest absolute Gasteiger partial charge is 0.381 e. The molecule has 1 atom stereocenters. The maximum Gasteiger partial charge on any atom is 0.0374 e. The Morgan fingerprint density at radius 3 is 2.93 bits per heavy atom. The highest BCUT2D eigenvalue weighted by Gasteiger charge is 2.15. The first-order valence-corrected chi connectivity index (χ1v) is 6.33. The van der Waals surface area contributed by atoms with Crippen LogP contribution in [-0.4, -0.2) is 17.5 Å². The molecule has 1 nitrogen and oxygen atoms in total. The Morgan fingerprint density at radius 2 is 2.21 bits per heavy atom. The minimum Gasteiger partial charge on any atom is -0.381 e. The Hall–Kier alpha value is -0.630. The number of aryl methyl sites for hydroxylation is 2. The molecule has 1 N–H and O–H groups in total. The van der Waals surface area contributed by atoms with Crippen molar-refractivity contribution in [3.05, 3.63) is 29.3 Å². The van der Waals surface area contributed by atoms with Crippen LogP contribution in [-0.2, 0) is 0 Å². The third-order valence-electron chi connectivity index (χ3n) is 2.68. The van der Waals surface area contributed by atoms with Gasteiger partial charge in [-0.05, 0) is 43.2 Å². The van der Waals surface area contributed by atoms with Crippen molar-refractivity contribution in [2.45, 2.75) is 26.3 Å². The van der Waals surface area contributed by atoms with Crippen LogP contribution in [0, 0.1) is 13.8 Å². The average Bonchev–Trinajstić information content (AvgIpc) is 2.64. The summed E-state index contributed by atoms with van der Waals surface area (Å²) in [5.74, 6) is 2.57. The summed E-state index contributed by atoms with van der Waals surface area (Å²) in [5.41, 5.74) is 4.01. The van der Waals surface area contributed by atoms with E-state index >= 15 is 0 Å². The zero-order chi connectivity index (χ0) is 9.97. The fourth-order valence-corrected chi connectivity index (χ4v) is 2.91. The molecule has 0 radical (unpaired) electrons. The molecule has 0 saturated carbocycles. The molecule has 1 heterocycles. The summed E-state index contributed by atoms with van der Waals surface area (Å²) in [6.45, 7) is 4.32. The lowest BCUT2D eigenvalue weighted by Crippen LogP contribution is -2.18. The molecule has 1 fully saturated rings. The molecule has 0 unspecified atom stereocenters. The molecule has 0 aliphatic carbocycles. The van der Waals surface area contributed by atoms with E-state index in [4.69, 9.17) is 0 Å². The van der Waals surface area contributed by atoms with E-state index in [0.717, 1.165) is 0 Å². The lowest BCUT2D eigenvalue weighted by Gasteiger charge is -2.15. The van der Waals surface area contributed by atoms with Crippen LogP contribution in [0.15, 0.2) is 18.2 Å². The van der Waals surface area contributed by atoms with Gasteiger partial charge in [0.2, 0.25) is 0 Å². The summed E-state index contributed by atoms with van der Waals surface area (Å²) in [6.07, 6.45) is 1.30. The van der Waals surface area contributed by atoms with Gasteiger partial charge in [-0.15, -0.1) is 0 Å².